The van der Waals surface area contributed by atoms with E-state index in [1.807, 2.05) is 59.2 Å². The summed E-state index contributed by atoms with van der Waals surface area (Å²) in [5.74, 6) is 0.909. The first kappa shape index (κ1) is 26.4. The maximum Gasteiger partial charge on any atom is 0.248 e. The van der Waals surface area contributed by atoms with Crippen LogP contribution in [0.25, 0.3) is 0 Å². The van der Waals surface area contributed by atoms with E-state index in [2.05, 4.69) is 28.5 Å². The van der Waals surface area contributed by atoms with E-state index in [1.165, 1.54) is 10.4 Å². The van der Waals surface area contributed by atoms with E-state index < -0.39 is 0 Å². The lowest BCUT2D eigenvalue weighted by molar-refractivity contribution is -0.146. The quantitative estimate of drug-likeness (QED) is 0.438. The van der Waals surface area contributed by atoms with Crippen molar-refractivity contribution in [2.75, 3.05) is 46.4 Å². The second kappa shape index (κ2) is 12.1. The molecular weight excluding hydrogens is 498 g/mol. The fraction of sp³-hybridized carbons (Fsp3) is 0.400. The first-order chi connectivity index (χ1) is 18.5. The van der Waals surface area contributed by atoms with Crippen molar-refractivity contribution in [3.05, 3.63) is 87.6 Å². The number of amides is 2. The Bertz CT molecular complexity index is 1230. The van der Waals surface area contributed by atoms with Crippen molar-refractivity contribution in [2.24, 2.45) is 0 Å². The highest BCUT2D eigenvalue weighted by molar-refractivity contribution is 7.10. The third-order valence-corrected chi connectivity index (χ3v) is 8.47. The zero-order valence-electron chi connectivity index (χ0n) is 22.0. The number of benzene rings is 2. The van der Waals surface area contributed by atoms with Crippen LogP contribution in [0.3, 0.4) is 0 Å². The van der Waals surface area contributed by atoms with E-state index in [0.717, 1.165) is 29.8 Å². The zero-order valence-corrected chi connectivity index (χ0v) is 22.9. The predicted octanol–water partition coefficient (Wildman–Crippen LogP) is 3.98. The van der Waals surface area contributed by atoms with Gasteiger partial charge in [-0.15, -0.1) is 11.3 Å². The Morgan fingerprint density at radius 3 is 2.50 bits per heavy atom. The highest BCUT2D eigenvalue weighted by atomic mass is 32.1. The smallest absolute Gasteiger partial charge is 0.248 e. The van der Waals surface area contributed by atoms with Crippen LogP contribution in [0.2, 0.25) is 0 Å². The summed E-state index contributed by atoms with van der Waals surface area (Å²) in [5.41, 5.74) is 3.50. The standard InChI is InChI=1S/C30H35N3O4S/c1-22-18-31(15-16-33(22)29(35)21-37-20-23-6-4-3-5-7-23)28(34)19-32-14-12-27-26(13-17-38-27)30(32)24-8-10-25(36-2)11-9-24/h3-11,13,17,22,30H,12,14-16,18-21H2,1-2H3. The van der Waals surface area contributed by atoms with Crippen LogP contribution in [0.4, 0.5) is 0 Å². The Labute approximate surface area is 228 Å². The molecule has 7 nitrogen and oxygen atoms in total. The lowest BCUT2D eigenvalue weighted by Crippen LogP contribution is -2.57. The van der Waals surface area contributed by atoms with Gasteiger partial charge in [-0.25, -0.2) is 0 Å². The van der Waals surface area contributed by atoms with Crippen LogP contribution >= 0.6 is 11.3 Å². The minimum absolute atomic E-state index is 0.0267. The van der Waals surface area contributed by atoms with Crippen molar-refractivity contribution in [3.8, 4) is 5.75 Å². The van der Waals surface area contributed by atoms with Crippen LogP contribution in [0, 0.1) is 0 Å². The van der Waals surface area contributed by atoms with Crippen LogP contribution in [0.15, 0.2) is 66.0 Å². The van der Waals surface area contributed by atoms with Gasteiger partial charge in [-0.2, -0.15) is 0 Å². The highest BCUT2D eigenvalue weighted by Crippen LogP contribution is 2.38. The first-order valence-electron chi connectivity index (χ1n) is 13.2. The molecule has 0 spiro atoms. The molecule has 200 valence electrons. The molecule has 3 heterocycles. The van der Waals surface area contributed by atoms with Crippen molar-refractivity contribution < 1.29 is 19.1 Å². The predicted molar refractivity (Wildman–Crippen MR) is 148 cm³/mol. The maximum absolute atomic E-state index is 13.5. The van der Waals surface area contributed by atoms with Crippen LogP contribution in [0.1, 0.15) is 34.5 Å². The fourth-order valence-corrected chi connectivity index (χ4v) is 6.36. The number of carbonyl (C=O) groups excluding carboxylic acids is 2. The number of hydrogen-bond acceptors (Lipinski definition) is 6. The molecule has 1 aromatic heterocycles. The van der Waals surface area contributed by atoms with Crippen LogP contribution in [0.5, 0.6) is 5.75 Å². The molecule has 2 amide bonds. The van der Waals surface area contributed by atoms with Crippen molar-refractivity contribution in [1.29, 1.82) is 0 Å². The molecule has 2 aliphatic heterocycles. The van der Waals surface area contributed by atoms with Gasteiger partial charge in [0.25, 0.3) is 0 Å². The number of hydrogen-bond donors (Lipinski definition) is 0. The van der Waals surface area contributed by atoms with Gasteiger partial charge in [-0.05, 0) is 53.6 Å². The number of thiophene rings is 1. The molecule has 1 saturated heterocycles. The van der Waals surface area contributed by atoms with Crippen molar-refractivity contribution in [2.45, 2.75) is 32.0 Å². The second-order valence-corrected chi connectivity index (χ2v) is 11.0. The maximum atomic E-state index is 13.5. The Hall–Kier alpha value is -3.20. The third-order valence-electron chi connectivity index (χ3n) is 7.47. The van der Waals surface area contributed by atoms with Gasteiger partial charge in [-0.3, -0.25) is 14.5 Å². The normalized spacial score (nSPS) is 19.7. The number of piperazine rings is 1. The fourth-order valence-electron chi connectivity index (χ4n) is 5.46. The lowest BCUT2D eigenvalue weighted by Gasteiger charge is -2.42. The molecule has 8 heteroatoms. The molecule has 0 aliphatic carbocycles. The summed E-state index contributed by atoms with van der Waals surface area (Å²) in [7, 11) is 1.67. The number of rotatable bonds is 8. The average Bonchev–Trinajstić information content (AvgIpc) is 3.42. The minimum atomic E-state index is -0.0530. The second-order valence-electron chi connectivity index (χ2n) is 9.95. The number of fused-ring (bicyclic) bond motifs is 1. The van der Waals surface area contributed by atoms with Gasteiger partial charge in [-0.1, -0.05) is 42.5 Å². The highest BCUT2D eigenvalue weighted by Gasteiger charge is 2.34. The first-order valence-corrected chi connectivity index (χ1v) is 14.0. The molecule has 38 heavy (non-hydrogen) atoms. The largest absolute Gasteiger partial charge is 0.497 e. The number of carbonyl (C=O) groups is 2. The van der Waals surface area contributed by atoms with Gasteiger partial charge in [0.15, 0.2) is 0 Å². The molecule has 0 saturated carbocycles. The van der Waals surface area contributed by atoms with Crippen molar-refractivity contribution in [1.82, 2.24) is 14.7 Å². The summed E-state index contributed by atoms with van der Waals surface area (Å²) in [6, 6.07) is 20.2. The summed E-state index contributed by atoms with van der Waals surface area (Å²) in [5, 5.41) is 2.15. The molecule has 0 bridgehead atoms. The van der Waals surface area contributed by atoms with Crippen LogP contribution < -0.4 is 4.74 Å². The summed E-state index contributed by atoms with van der Waals surface area (Å²) in [4.78, 5) is 33.7. The van der Waals surface area contributed by atoms with Gasteiger partial charge in [0.1, 0.15) is 12.4 Å². The SMILES string of the molecule is COc1ccc(C2c3ccsc3CCN2CC(=O)N2CCN(C(=O)COCc3ccccc3)C(C)C2)cc1. The Balaban J connectivity index is 1.18. The van der Waals surface area contributed by atoms with E-state index >= 15 is 0 Å². The summed E-state index contributed by atoms with van der Waals surface area (Å²) < 4.78 is 11.0. The molecule has 0 radical (unpaired) electrons. The molecule has 0 N–H and O–H groups in total. The van der Waals surface area contributed by atoms with Gasteiger partial charge in [0, 0.05) is 37.1 Å². The topological polar surface area (TPSA) is 62.3 Å². The average molecular weight is 534 g/mol. The molecule has 5 rings (SSSR count). The van der Waals surface area contributed by atoms with E-state index in [-0.39, 0.29) is 30.5 Å². The van der Waals surface area contributed by atoms with Crippen LogP contribution in [-0.2, 0) is 27.4 Å². The van der Waals surface area contributed by atoms with Crippen molar-refractivity contribution in [3.63, 3.8) is 0 Å². The summed E-state index contributed by atoms with van der Waals surface area (Å²) in [6.45, 7) is 5.26. The van der Waals surface area contributed by atoms with Gasteiger partial charge < -0.3 is 19.3 Å². The molecule has 3 aromatic rings. The van der Waals surface area contributed by atoms with E-state index in [0.29, 0.717) is 32.8 Å². The monoisotopic (exact) mass is 533 g/mol. The molecule has 2 aromatic carbocycles. The number of methoxy groups -OCH3 is 1. The lowest BCUT2D eigenvalue weighted by atomic mass is 9.93. The van der Waals surface area contributed by atoms with E-state index in [1.54, 1.807) is 18.4 Å². The van der Waals surface area contributed by atoms with Gasteiger partial charge >= 0.3 is 0 Å². The number of nitrogens with zero attached hydrogens (tertiary/aromatic N) is 3. The Morgan fingerprint density at radius 1 is 0.974 bits per heavy atom. The Morgan fingerprint density at radius 2 is 1.76 bits per heavy atom. The number of ether oxygens (including phenoxy) is 2. The van der Waals surface area contributed by atoms with Crippen molar-refractivity contribution >= 4 is 23.2 Å². The van der Waals surface area contributed by atoms with Crippen LogP contribution in [-0.4, -0.2) is 79.0 Å². The van der Waals surface area contributed by atoms with E-state index in [4.69, 9.17) is 9.47 Å². The summed E-state index contributed by atoms with van der Waals surface area (Å²) in [6.07, 6.45) is 0.953. The molecule has 2 unspecified atom stereocenters. The minimum Gasteiger partial charge on any atom is -0.497 e. The summed E-state index contributed by atoms with van der Waals surface area (Å²) >= 11 is 1.79. The van der Waals surface area contributed by atoms with Gasteiger partial charge in [0.05, 0.1) is 26.3 Å². The molecule has 1 fully saturated rings. The molecule has 2 atom stereocenters. The zero-order chi connectivity index (χ0) is 26.5. The third kappa shape index (κ3) is 5.93. The van der Waals surface area contributed by atoms with Gasteiger partial charge in [0.2, 0.25) is 11.8 Å². The van der Waals surface area contributed by atoms with E-state index in [9.17, 15) is 9.59 Å². The molecule has 2 aliphatic rings. The Kier molecular flexibility index (Phi) is 8.42. The molecular formula is C30H35N3O4S.